The molecule has 4 nitrogen and oxygen atoms in total. The Morgan fingerprint density at radius 1 is 1.21 bits per heavy atom. The molecule has 2 aromatic heterocycles. The van der Waals surface area contributed by atoms with Crippen LogP contribution in [0.15, 0.2) is 42.6 Å². The molecule has 2 aromatic rings. The summed E-state index contributed by atoms with van der Waals surface area (Å²) in [5.74, 6) is -0.0559. The Morgan fingerprint density at radius 2 is 2.05 bits per heavy atom. The molecule has 2 rings (SSSR count). The molecule has 0 unspecified atom stereocenters. The molecular formula is C15H17N3O. The highest BCUT2D eigenvalue weighted by Gasteiger charge is 2.12. The first kappa shape index (κ1) is 13.2. The van der Waals surface area contributed by atoms with E-state index in [9.17, 15) is 4.79 Å². The number of aromatic nitrogens is 2. The van der Waals surface area contributed by atoms with Gasteiger partial charge in [0.2, 0.25) is 0 Å². The van der Waals surface area contributed by atoms with Gasteiger partial charge in [0.05, 0.1) is 0 Å². The van der Waals surface area contributed by atoms with Crippen molar-refractivity contribution < 1.29 is 4.79 Å². The molecule has 2 heterocycles. The van der Waals surface area contributed by atoms with Crippen LogP contribution in [0.25, 0.3) is 0 Å². The second kappa shape index (κ2) is 6.09. The van der Waals surface area contributed by atoms with Crippen LogP contribution < -0.4 is 0 Å². The minimum atomic E-state index is -0.0559. The lowest BCUT2D eigenvalue weighted by molar-refractivity contribution is 0.0790. The van der Waals surface area contributed by atoms with Crippen LogP contribution in [0.2, 0.25) is 0 Å². The third-order valence-electron chi connectivity index (χ3n) is 2.88. The molecule has 0 saturated heterocycles. The zero-order valence-corrected chi connectivity index (χ0v) is 11.2. The fraction of sp³-hybridized carbons (Fsp3) is 0.267. The first-order valence-electron chi connectivity index (χ1n) is 6.26. The average Bonchev–Trinajstić information content (AvgIpc) is 2.45. The molecule has 0 atom stereocenters. The molecule has 0 radical (unpaired) electrons. The summed E-state index contributed by atoms with van der Waals surface area (Å²) in [5.41, 5.74) is 2.33. The molecule has 0 spiro atoms. The third-order valence-corrected chi connectivity index (χ3v) is 2.88. The van der Waals surface area contributed by atoms with Gasteiger partial charge in [0.15, 0.2) is 0 Å². The Bertz CT molecular complexity index is 554. The summed E-state index contributed by atoms with van der Waals surface area (Å²) < 4.78 is 0. The van der Waals surface area contributed by atoms with Crippen molar-refractivity contribution in [3.05, 3.63) is 59.7 Å². The highest BCUT2D eigenvalue weighted by molar-refractivity contribution is 5.92. The van der Waals surface area contributed by atoms with E-state index in [1.807, 2.05) is 37.3 Å². The molecule has 0 aromatic carbocycles. The van der Waals surface area contributed by atoms with Gasteiger partial charge in [-0.05, 0) is 31.2 Å². The Kier molecular flexibility index (Phi) is 4.23. The van der Waals surface area contributed by atoms with Crippen LogP contribution in [0.3, 0.4) is 0 Å². The van der Waals surface area contributed by atoms with Gasteiger partial charge in [-0.25, -0.2) is 4.98 Å². The number of hydrogen-bond acceptors (Lipinski definition) is 3. The standard InChI is InChI=1S/C15H17N3O/c1-12-6-5-8-14(17-12)15(19)18(2)11-9-13-7-3-4-10-16-13/h3-8,10H,9,11H2,1-2H3. The van der Waals surface area contributed by atoms with E-state index in [0.717, 1.165) is 17.8 Å². The van der Waals surface area contributed by atoms with Gasteiger partial charge in [0.1, 0.15) is 5.69 Å². The Labute approximate surface area is 113 Å². The predicted octanol–water partition coefficient (Wildman–Crippen LogP) is 2.10. The molecule has 0 bridgehead atoms. The Morgan fingerprint density at radius 3 is 2.74 bits per heavy atom. The van der Waals surface area contributed by atoms with Crippen LogP contribution in [-0.2, 0) is 6.42 Å². The topological polar surface area (TPSA) is 46.1 Å². The molecular weight excluding hydrogens is 238 g/mol. The van der Waals surface area contributed by atoms with E-state index >= 15 is 0 Å². The van der Waals surface area contributed by atoms with Gasteiger partial charge in [-0.2, -0.15) is 0 Å². The van der Waals surface area contributed by atoms with Gasteiger partial charge < -0.3 is 4.90 Å². The summed E-state index contributed by atoms with van der Waals surface area (Å²) in [7, 11) is 1.79. The quantitative estimate of drug-likeness (QED) is 0.840. The maximum Gasteiger partial charge on any atom is 0.272 e. The maximum absolute atomic E-state index is 12.2. The van der Waals surface area contributed by atoms with Crippen molar-refractivity contribution in [1.29, 1.82) is 0 Å². The van der Waals surface area contributed by atoms with Crippen molar-refractivity contribution in [2.45, 2.75) is 13.3 Å². The third kappa shape index (κ3) is 3.61. The fourth-order valence-corrected chi connectivity index (χ4v) is 1.79. The van der Waals surface area contributed by atoms with Crippen molar-refractivity contribution in [3.63, 3.8) is 0 Å². The second-order valence-electron chi connectivity index (χ2n) is 4.46. The molecule has 19 heavy (non-hydrogen) atoms. The highest BCUT2D eigenvalue weighted by Crippen LogP contribution is 2.03. The van der Waals surface area contributed by atoms with Crippen LogP contribution in [0.5, 0.6) is 0 Å². The lowest BCUT2D eigenvalue weighted by Crippen LogP contribution is -2.29. The van der Waals surface area contributed by atoms with E-state index in [1.165, 1.54) is 0 Å². The molecule has 0 aliphatic heterocycles. The van der Waals surface area contributed by atoms with E-state index in [2.05, 4.69) is 9.97 Å². The van der Waals surface area contributed by atoms with Crippen LogP contribution in [0, 0.1) is 6.92 Å². The first-order chi connectivity index (χ1) is 9.16. The van der Waals surface area contributed by atoms with Gasteiger partial charge in [0, 0.05) is 37.6 Å². The number of carbonyl (C=O) groups is 1. The smallest absolute Gasteiger partial charge is 0.272 e. The minimum Gasteiger partial charge on any atom is -0.340 e. The van der Waals surface area contributed by atoms with E-state index in [4.69, 9.17) is 0 Å². The van der Waals surface area contributed by atoms with Gasteiger partial charge in [-0.15, -0.1) is 0 Å². The lowest BCUT2D eigenvalue weighted by atomic mass is 10.2. The number of rotatable bonds is 4. The predicted molar refractivity (Wildman–Crippen MR) is 73.9 cm³/mol. The SMILES string of the molecule is Cc1cccc(C(=O)N(C)CCc2ccccn2)n1. The summed E-state index contributed by atoms with van der Waals surface area (Å²) in [4.78, 5) is 22.3. The first-order valence-corrected chi connectivity index (χ1v) is 6.26. The van der Waals surface area contributed by atoms with Crippen LogP contribution >= 0.6 is 0 Å². The fourth-order valence-electron chi connectivity index (χ4n) is 1.79. The number of pyridine rings is 2. The van der Waals surface area contributed by atoms with Crippen molar-refractivity contribution in [2.75, 3.05) is 13.6 Å². The van der Waals surface area contributed by atoms with Crippen molar-refractivity contribution in [3.8, 4) is 0 Å². The van der Waals surface area contributed by atoms with Gasteiger partial charge in [-0.3, -0.25) is 9.78 Å². The lowest BCUT2D eigenvalue weighted by Gasteiger charge is -2.16. The molecule has 4 heteroatoms. The van der Waals surface area contributed by atoms with E-state index in [1.54, 1.807) is 24.2 Å². The summed E-state index contributed by atoms with van der Waals surface area (Å²) in [5, 5.41) is 0. The van der Waals surface area contributed by atoms with Crippen molar-refractivity contribution in [1.82, 2.24) is 14.9 Å². The van der Waals surface area contributed by atoms with E-state index in [0.29, 0.717) is 12.2 Å². The summed E-state index contributed by atoms with van der Waals surface area (Å²) in [6.45, 7) is 2.51. The molecule has 1 amide bonds. The number of carbonyl (C=O) groups excluding carboxylic acids is 1. The minimum absolute atomic E-state index is 0.0559. The summed E-state index contributed by atoms with van der Waals surface area (Å²) in [6.07, 6.45) is 2.51. The number of aryl methyl sites for hydroxylation is 1. The summed E-state index contributed by atoms with van der Waals surface area (Å²) in [6, 6.07) is 11.3. The van der Waals surface area contributed by atoms with E-state index in [-0.39, 0.29) is 5.91 Å². The molecule has 0 aliphatic carbocycles. The molecule has 98 valence electrons. The van der Waals surface area contributed by atoms with Crippen LogP contribution in [0.1, 0.15) is 21.9 Å². The Hall–Kier alpha value is -2.23. The van der Waals surface area contributed by atoms with Crippen molar-refractivity contribution >= 4 is 5.91 Å². The van der Waals surface area contributed by atoms with Crippen LogP contribution in [-0.4, -0.2) is 34.4 Å². The maximum atomic E-state index is 12.2. The van der Waals surface area contributed by atoms with Gasteiger partial charge in [0.25, 0.3) is 5.91 Å². The summed E-state index contributed by atoms with van der Waals surface area (Å²) >= 11 is 0. The van der Waals surface area contributed by atoms with Gasteiger partial charge in [-0.1, -0.05) is 12.1 Å². The number of amides is 1. The monoisotopic (exact) mass is 255 g/mol. The molecule has 0 N–H and O–H groups in total. The number of hydrogen-bond donors (Lipinski definition) is 0. The average molecular weight is 255 g/mol. The van der Waals surface area contributed by atoms with Crippen LogP contribution in [0.4, 0.5) is 0 Å². The zero-order chi connectivity index (χ0) is 13.7. The van der Waals surface area contributed by atoms with Gasteiger partial charge >= 0.3 is 0 Å². The highest BCUT2D eigenvalue weighted by atomic mass is 16.2. The molecule has 0 aliphatic rings. The normalized spacial score (nSPS) is 10.2. The second-order valence-corrected chi connectivity index (χ2v) is 4.46. The largest absolute Gasteiger partial charge is 0.340 e. The number of likely N-dealkylation sites (N-methyl/N-ethyl adjacent to an activating group) is 1. The number of nitrogens with zero attached hydrogens (tertiary/aromatic N) is 3. The Balaban J connectivity index is 1.96. The van der Waals surface area contributed by atoms with Crippen molar-refractivity contribution in [2.24, 2.45) is 0 Å². The zero-order valence-electron chi connectivity index (χ0n) is 11.2. The molecule has 0 fully saturated rings. The van der Waals surface area contributed by atoms with E-state index < -0.39 is 0 Å². The molecule has 0 saturated carbocycles.